The second kappa shape index (κ2) is 7.19. The number of carbonyl (C=O) groups is 1. The van der Waals surface area contributed by atoms with Crippen molar-refractivity contribution in [1.29, 1.82) is 0 Å². The normalized spacial score (nSPS) is 11.3. The molecular weight excluding hydrogens is 306 g/mol. The van der Waals surface area contributed by atoms with Gasteiger partial charge in [-0.3, -0.25) is 9.89 Å². The van der Waals surface area contributed by atoms with Gasteiger partial charge in [0.1, 0.15) is 0 Å². The summed E-state index contributed by atoms with van der Waals surface area (Å²) in [6, 6.07) is 7.59. The van der Waals surface area contributed by atoms with Crippen molar-refractivity contribution in [1.82, 2.24) is 15.5 Å². The van der Waals surface area contributed by atoms with Gasteiger partial charge >= 0.3 is 0 Å². The highest BCUT2D eigenvalue weighted by molar-refractivity contribution is 7.91. The Labute approximate surface area is 128 Å². The first kappa shape index (κ1) is 16.2. The number of methoxy groups -OCH3 is 1. The number of nitrogens with zero attached hydrogens (tertiary/aromatic N) is 1. The van der Waals surface area contributed by atoms with E-state index in [0.717, 1.165) is 5.69 Å². The van der Waals surface area contributed by atoms with Gasteiger partial charge in [-0.25, -0.2) is 8.42 Å². The van der Waals surface area contributed by atoms with Gasteiger partial charge in [-0.2, -0.15) is 5.10 Å². The molecule has 0 atom stereocenters. The van der Waals surface area contributed by atoms with Crippen LogP contribution in [0, 0.1) is 0 Å². The van der Waals surface area contributed by atoms with E-state index in [9.17, 15) is 13.2 Å². The zero-order valence-electron chi connectivity index (χ0n) is 12.1. The Morgan fingerprint density at radius 3 is 2.59 bits per heavy atom. The highest BCUT2D eigenvalue weighted by atomic mass is 32.2. The summed E-state index contributed by atoms with van der Waals surface area (Å²) in [6.45, 7) is 0.460. The number of H-pyrrole nitrogens is 1. The van der Waals surface area contributed by atoms with Crippen LogP contribution in [0.25, 0.3) is 0 Å². The van der Waals surface area contributed by atoms with E-state index in [4.69, 9.17) is 4.74 Å². The molecule has 0 aliphatic heterocycles. The van der Waals surface area contributed by atoms with E-state index >= 15 is 0 Å². The molecule has 1 heterocycles. The van der Waals surface area contributed by atoms with Gasteiger partial charge < -0.3 is 10.1 Å². The molecule has 0 saturated heterocycles. The lowest BCUT2D eigenvalue weighted by atomic mass is 10.2. The Balaban J connectivity index is 2.00. The van der Waals surface area contributed by atoms with Crippen LogP contribution >= 0.6 is 0 Å². The molecule has 0 bridgehead atoms. The summed E-state index contributed by atoms with van der Waals surface area (Å²) in [5.41, 5.74) is 1.18. The maximum absolute atomic E-state index is 12.0. The number of hydrogen-bond donors (Lipinski definition) is 2. The molecular formula is C14H17N3O4S. The van der Waals surface area contributed by atoms with Crippen LogP contribution in [0.2, 0.25) is 0 Å². The summed E-state index contributed by atoms with van der Waals surface area (Å²) in [6.07, 6.45) is 1.60. The Kier molecular flexibility index (Phi) is 5.29. The number of carbonyl (C=O) groups excluding carboxylic acids is 1. The maximum atomic E-state index is 12.0. The fourth-order valence-corrected chi connectivity index (χ4v) is 2.96. The van der Waals surface area contributed by atoms with Gasteiger partial charge in [0.05, 0.1) is 29.5 Å². The zero-order valence-corrected chi connectivity index (χ0v) is 12.9. The molecule has 1 amide bonds. The summed E-state index contributed by atoms with van der Waals surface area (Å²) in [5.74, 6) is -0.370. The van der Waals surface area contributed by atoms with Crippen molar-refractivity contribution < 1.29 is 17.9 Å². The SMILES string of the molecule is COCCS(=O)(=O)c1ccc(C(=O)NCc2ccn[nH]2)cc1. The number of nitrogens with one attached hydrogen (secondary N) is 2. The van der Waals surface area contributed by atoms with E-state index in [1.165, 1.54) is 31.4 Å². The summed E-state index contributed by atoms with van der Waals surface area (Å²) >= 11 is 0. The van der Waals surface area contributed by atoms with Crippen LogP contribution in [0.5, 0.6) is 0 Å². The van der Waals surface area contributed by atoms with Gasteiger partial charge in [0, 0.05) is 18.9 Å². The van der Waals surface area contributed by atoms with Crippen LogP contribution in [0.3, 0.4) is 0 Å². The van der Waals surface area contributed by atoms with Gasteiger partial charge in [0.25, 0.3) is 5.91 Å². The topological polar surface area (TPSA) is 101 Å². The number of sulfone groups is 1. The average molecular weight is 323 g/mol. The van der Waals surface area contributed by atoms with E-state index in [1.807, 2.05) is 0 Å². The number of amides is 1. The van der Waals surface area contributed by atoms with Crippen molar-refractivity contribution >= 4 is 15.7 Å². The minimum atomic E-state index is -3.38. The third-order valence-corrected chi connectivity index (χ3v) is 4.72. The van der Waals surface area contributed by atoms with Crippen molar-refractivity contribution in [3.8, 4) is 0 Å². The van der Waals surface area contributed by atoms with Crippen molar-refractivity contribution in [2.24, 2.45) is 0 Å². The van der Waals surface area contributed by atoms with Crippen LogP contribution in [0.15, 0.2) is 41.4 Å². The van der Waals surface area contributed by atoms with Crippen LogP contribution in [0.4, 0.5) is 0 Å². The molecule has 1 aromatic heterocycles. The molecule has 0 fully saturated rings. The Morgan fingerprint density at radius 2 is 2.00 bits per heavy atom. The molecule has 8 heteroatoms. The van der Waals surface area contributed by atoms with Crippen LogP contribution in [-0.4, -0.2) is 44.0 Å². The van der Waals surface area contributed by atoms with Crippen molar-refractivity contribution in [2.45, 2.75) is 11.4 Å². The van der Waals surface area contributed by atoms with E-state index in [2.05, 4.69) is 15.5 Å². The fourth-order valence-electron chi connectivity index (χ4n) is 1.79. The average Bonchev–Trinajstić information content (AvgIpc) is 3.04. The zero-order chi connectivity index (χ0) is 16.0. The summed E-state index contributed by atoms with van der Waals surface area (Å²) in [4.78, 5) is 12.1. The van der Waals surface area contributed by atoms with Crippen LogP contribution in [0.1, 0.15) is 16.1 Å². The van der Waals surface area contributed by atoms with Crippen molar-refractivity contribution in [3.05, 3.63) is 47.8 Å². The number of aromatic amines is 1. The molecule has 0 unspecified atom stereocenters. The molecule has 1 aromatic carbocycles. The second-order valence-corrected chi connectivity index (χ2v) is 6.71. The lowest BCUT2D eigenvalue weighted by molar-refractivity contribution is 0.0950. The Morgan fingerprint density at radius 1 is 1.27 bits per heavy atom. The molecule has 2 aromatic rings. The molecule has 0 spiro atoms. The number of aromatic nitrogens is 2. The molecule has 22 heavy (non-hydrogen) atoms. The molecule has 2 rings (SSSR count). The number of rotatable bonds is 7. The fraction of sp³-hybridized carbons (Fsp3) is 0.286. The third-order valence-electron chi connectivity index (χ3n) is 3.03. The van der Waals surface area contributed by atoms with E-state index in [0.29, 0.717) is 12.1 Å². The van der Waals surface area contributed by atoms with Gasteiger partial charge in [-0.05, 0) is 30.3 Å². The molecule has 0 aliphatic rings. The monoisotopic (exact) mass is 323 g/mol. The highest BCUT2D eigenvalue weighted by Crippen LogP contribution is 2.12. The molecule has 0 aliphatic carbocycles. The second-order valence-electron chi connectivity index (χ2n) is 4.60. The van der Waals surface area contributed by atoms with Crippen LogP contribution in [-0.2, 0) is 21.1 Å². The predicted octanol–water partition coefficient (Wildman–Crippen LogP) is 0.760. The van der Waals surface area contributed by atoms with Gasteiger partial charge in [-0.15, -0.1) is 0 Å². The van der Waals surface area contributed by atoms with Gasteiger partial charge in [0.15, 0.2) is 9.84 Å². The molecule has 2 N–H and O–H groups in total. The lowest BCUT2D eigenvalue weighted by Gasteiger charge is -2.06. The Hall–Kier alpha value is -2.19. The van der Waals surface area contributed by atoms with Gasteiger partial charge in [0.2, 0.25) is 0 Å². The first-order valence-electron chi connectivity index (χ1n) is 6.61. The Bertz CT molecular complexity index is 709. The highest BCUT2D eigenvalue weighted by Gasteiger charge is 2.15. The predicted molar refractivity (Wildman–Crippen MR) is 80.1 cm³/mol. The van der Waals surface area contributed by atoms with Crippen molar-refractivity contribution in [3.63, 3.8) is 0 Å². The first-order chi connectivity index (χ1) is 10.5. The maximum Gasteiger partial charge on any atom is 0.251 e. The standard InChI is InChI=1S/C14H17N3O4S/c1-21-8-9-22(19,20)13-4-2-11(3-5-13)14(18)15-10-12-6-7-16-17-12/h2-7H,8-10H2,1H3,(H,15,18)(H,16,17). The molecule has 7 nitrogen and oxygen atoms in total. The number of ether oxygens (including phenoxy) is 1. The molecule has 0 radical (unpaired) electrons. The number of hydrogen-bond acceptors (Lipinski definition) is 5. The van der Waals surface area contributed by atoms with E-state index in [-0.39, 0.29) is 23.2 Å². The van der Waals surface area contributed by atoms with E-state index < -0.39 is 9.84 Å². The third kappa shape index (κ3) is 4.15. The molecule has 118 valence electrons. The first-order valence-corrected chi connectivity index (χ1v) is 8.26. The van der Waals surface area contributed by atoms with E-state index in [1.54, 1.807) is 12.3 Å². The summed E-state index contributed by atoms with van der Waals surface area (Å²) in [5, 5.41) is 9.23. The van der Waals surface area contributed by atoms with Gasteiger partial charge in [-0.1, -0.05) is 0 Å². The minimum Gasteiger partial charge on any atom is -0.384 e. The lowest BCUT2D eigenvalue weighted by Crippen LogP contribution is -2.23. The smallest absolute Gasteiger partial charge is 0.251 e. The van der Waals surface area contributed by atoms with Crippen molar-refractivity contribution in [2.75, 3.05) is 19.5 Å². The minimum absolute atomic E-state index is 0.0884. The van der Waals surface area contributed by atoms with Crippen LogP contribution < -0.4 is 5.32 Å². The summed E-state index contributed by atoms with van der Waals surface area (Å²) < 4.78 is 28.7. The quantitative estimate of drug-likeness (QED) is 0.783. The largest absolute Gasteiger partial charge is 0.384 e. The molecule has 0 saturated carbocycles. The summed E-state index contributed by atoms with van der Waals surface area (Å²) in [7, 11) is -1.94. The number of benzene rings is 1.